The van der Waals surface area contributed by atoms with Gasteiger partial charge in [-0.05, 0) is 37.2 Å². The second kappa shape index (κ2) is 5.49. The zero-order valence-corrected chi connectivity index (χ0v) is 12.7. The van der Waals surface area contributed by atoms with Crippen molar-refractivity contribution in [2.24, 2.45) is 17.1 Å². The Morgan fingerprint density at radius 2 is 1.95 bits per heavy atom. The first-order valence-corrected chi connectivity index (χ1v) is 7.32. The van der Waals surface area contributed by atoms with Crippen molar-refractivity contribution >= 4 is 5.69 Å². The maximum Gasteiger partial charge on any atom is 0.0445 e. The molecule has 2 N–H and O–H groups in total. The molecule has 0 atom stereocenters. The minimum atomic E-state index is 0.428. The van der Waals surface area contributed by atoms with Crippen LogP contribution in [0, 0.1) is 18.3 Å². The molecule has 3 heteroatoms. The fourth-order valence-corrected chi connectivity index (χ4v) is 3.01. The summed E-state index contributed by atoms with van der Waals surface area (Å²) in [5.41, 5.74) is 9.80. The van der Waals surface area contributed by atoms with Crippen LogP contribution in [0.15, 0.2) is 12.3 Å². The summed E-state index contributed by atoms with van der Waals surface area (Å²) >= 11 is 0. The summed E-state index contributed by atoms with van der Waals surface area (Å²) in [6.45, 7) is 12.0. The molecule has 1 aromatic rings. The quantitative estimate of drug-likeness (QED) is 0.889. The van der Waals surface area contributed by atoms with E-state index in [1.54, 1.807) is 0 Å². The molecule has 0 aliphatic carbocycles. The van der Waals surface area contributed by atoms with Gasteiger partial charge >= 0.3 is 0 Å². The van der Waals surface area contributed by atoms with Crippen molar-refractivity contribution in [1.29, 1.82) is 0 Å². The van der Waals surface area contributed by atoms with Gasteiger partial charge in [0.25, 0.3) is 0 Å². The van der Waals surface area contributed by atoms with Crippen LogP contribution in [0.25, 0.3) is 0 Å². The van der Waals surface area contributed by atoms with Crippen LogP contribution in [-0.4, -0.2) is 18.1 Å². The highest BCUT2D eigenvalue weighted by atomic mass is 15.1. The lowest BCUT2D eigenvalue weighted by Gasteiger charge is -2.40. The van der Waals surface area contributed by atoms with Gasteiger partial charge in [-0.2, -0.15) is 0 Å². The van der Waals surface area contributed by atoms with Crippen LogP contribution < -0.4 is 10.6 Å². The molecule has 1 aliphatic rings. The lowest BCUT2D eigenvalue weighted by molar-refractivity contribution is 0.199. The summed E-state index contributed by atoms with van der Waals surface area (Å²) in [6.07, 6.45) is 4.48. The van der Waals surface area contributed by atoms with Crippen molar-refractivity contribution in [2.75, 3.05) is 18.0 Å². The monoisotopic (exact) mass is 261 g/mol. The molecule has 19 heavy (non-hydrogen) atoms. The molecule has 1 aliphatic heterocycles. The topological polar surface area (TPSA) is 42.1 Å². The average molecular weight is 261 g/mol. The van der Waals surface area contributed by atoms with Crippen LogP contribution in [0.3, 0.4) is 0 Å². The van der Waals surface area contributed by atoms with Gasteiger partial charge in [0, 0.05) is 42.8 Å². The maximum absolute atomic E-state index is 5.84. The van der Waals surface area contributed by atoms with Gasteiger partial charge in [0.1, 0.15) is 0 Å². The van der Waals surface area contributed by atoms with E-state index in [9.17, 15) is 0 Å². The Morgan fingerprint density at radius 3 is 2.47 bits per heavy atom. The Morgan fingerprint density at radius 1 is 1.32 bits per heavy atom. The van der Waals surface area contributed by atoms with E-state index in [0.29, 0.717) is 12.0 Å². The largest absolute Gasteiger partial charge is 0.371 e. The molecule has 1 fully saturated rings. The Labute approximate surface area is 117 Å². The van der Waals surface area contributed by atoms with Gasteiger partial charge < -0.3 is 10.6 Å². The number of pyridine rings is 1. The fourth-order valence-electron chi connectivity index (χ4n) is 3.01. The van der Waals surface area contributed by atoms with Crippen molar-refractivity contribution < 1.29 is 0 Å². The number of nitrogens with two attached hydrogens (primary N) is 1. The highest BCUT2D eigenvalue weighted by Gasteiger charge is 2.29. The summed E-state index contributed by atoms with van der Waals surface area (Å²) in [7, 11) is 0. The van der Waals surface area contributed by atoms with Crippen LogP contribution in [0.5, 0.6) is 0 Å². The Balaban J connectivity index is 2.11. The molecule has 106 valence electrons. The minimum absolute atomic E-state index is 0.428. The van der Waals surface area contributed by atoms with Crippen LogP contribution >= 0.6 is 0 Å². The number of rotatable bonds is 2. The molecule has 3 nitrogen and oxygen atoms in total. The Bertz CT molecular complexity index is 426. The fraction of sp³-hybridized carbons (Fsp3) is 0.688. The third-order valence-electron chi connectivity index (χ3n) is 4.38. The second-order valence-electron chi connectivity index (χ2n) is 6.79. The number of anilines is 1. The van der Waals surface area contributed by atoms with Crippen LogP contribution in [0.4, 0.5) is 5.69 Å². The number of piperidine rings is 1. The van der Waals surface area contributed by atoms with E-state index in [1.807, 2.05) is 13.1 Å². The van der Waals surface area contributed by atoms with Crippen LogP contribution in [0.2, 0.25) is 0 Å². The molecule has 2 heterocycles. The molecule has 0 aromatic carbocycles. The lowest BCUT2D eigenvalue weighted by Crippen LogP contribution is -2.38. The molecule has 2 rings (SSSR count). The van der Waals surface area contributed by atoms with Gasteiger partial charge in [0.05, 0.1) is 0 Å². The second-order valence-corrected chi connectivity index (χ2v) is 6.79. The van der Waals surface area contributed by atoms with Crippen molar-refractivity contribution in [3.63, 3.8) is 0 Å². The molecule has 0 saturated carbocycles. The van der Waals surface area contributed by atoms with E-state index in [1.165, 1.54) is 24.1 Å². The highest BCUT2D eigenvalue weighted by Crippen LogP contribution is 2.36. The molecule has 0 spiro atoms. The predicted octanol–water partition coefficient (Wildman–Crippen LogP) is 3.11. The van der Waals surface area contributed by atoms with Gasteiger partial charge in [0.2, 0.25) is 0 Å². The summed E-state index contributed by atoms with van der Waals surface area (Å²) in [6, 6.07) is 2.18. The molecular formula is C16H27N3. The Hall–Kier alpha value is -1.09. The number of hydrogen-bond acceptors (Lipinski definition) is 3. The van der Waals surface area contributed by atoms with Gasteiger partial charge in [-0.25, -0.2) is 0 Å². The molecule has 1 aromatic heterocycles. The van der Waals surface area contributed by atoms with Crippen molar-refractivity contribution in [2.45, 2.75) is 47.1 Å². The number of aromatic nitrogens is 1. The zero-order valence-electron chi connectivity index (χ0n) is 12.7. The lowest BCUT2D eigenvalue weighted by atomic mass is 9.75. The van der Waals surface area contributed by atoms with Gasteiger partial charge in [-0.1, -0.05) is 20.8 Å². The molecule has 0 bridgehead atoms. The van der Waals surface area contributed by atoms with Crippen LogP contribution in [0.1, 0.15) is 44.9 Å². The predicted molar refractivity (Wildman–Crippen MR) is 81.3 cm³/mol. The molecule has 1 saturated heterocycles. The van der Waals surface area contributed by atoms with E-state index < -0.39 is 0 Å². The smallest absolute Gasteiger partial charge is 0.0445 e. The average Bonchev–Trinajstić information content (AvgIpc) is 2.38. The number of nitrogens with zero attached hydrogens (tertiary/aromatic N) is 2. The van der Waals surface area contributed by atoms with Crippen molar-refractivity contribution in [3.05, 3.63) is 23.5 Å². The van der Waals surface area contributed by atoms with E-state index >= 15 is 0 Å². The maximum atomic E-state index is 5.84. The van der Waals surface area contributed by atoms with Crippen molar-refractivity contribution in [3.8, 4) is 0 Å². The summed E-state index contributed by atoms with van der Waals surface area (Å²) < 4.78 is 0. The zero-order chi connectivity index (χ0) is 14.0. The SMILES string of the molecule is Cc1cc(N2CCC(C(C)(C)C)CC2)c(CN)cn1. The first-order valence-electron chi connectivity index (χ1n) is 7.32. The third-order valence-corrected chi connectivity index (χ3v) is 4.38. The first-order chi connectivity index (χ1) is 8.91. The summed E-state index contributed by atoms with van der Waals surface area (Å²) in [5.74, 6) is 0.827. The third kappa shape index (κ3) is 3.27. The van der Waals surface area contributed by atoms with E-state index in [0.717, 1.165) is 24.7 Å². The molecule has 0 radical (unpaired) electrons. The molecule has 0 unspecified atom stereocenters. The highest BCUT2D eigenvalue weighted by molar-refractivity contribution is 5.53. The van der Waals surface area contributed by atoms with Crippen molar-refractivity contribution in [1.82, 2.24) is 4.98 Å². The van der Waals surface area contributed by atoms with E-state index in [4.69, 9.17) is 5.73 Å². The molecule has 0 amide bonds. The minimum Gasteiger partial charge on any atom is -0.371 e. The van der Waals surface area contributed by atoms with E-state index in [2.05, 4.69) is 36.7 Å². The first kappa shape index (κ1) is 14.3. The van der Waals surface area contributed by atoms with Gasteiger partial charge in [-0.3, -0.25) is 4.98 Å². The van der Waals surface area contributed by atoms with Crippen LogP contribution in [-0.2, 0) is 6.54 Å². The summed E-state index contributed by atoms with van der Waals surface area (Å²) in [5, 5.41) is 0. The number of aryl methyl sites for hydroxylation is 1. The van der Waals surface area contributed by atoms with E-state index in [-0.39, 0.29) is 0 Å². The van der Waals surface area contributed by atoms with Gasteiger partial charge in [0.15, 0.2) is 0 Å². The summed E-state index contributed by atoms with van der Waals surface area (Å²) in [4.78, 5) is 6.84. The Kier molecular flexibility index (Phi) is 4.14. The molecular weight excluding hydrogens is 234 g/mol. The normalized spacial score (nSPS) is 17.8. The number of hydrogen-bond donors (Lipinski definition) is 1. The van der Waals surface area contributed by atoms with Gasteiger partial charge in [-0.15, -0.1) is 0 Å². The standard InChI is InChI=1S/C16H27N3/c1-12-9-15(13(10-17)11-18-12)19-7-5-14(6-8-19)16(2,3)4/h9,11,14H,5-8,10,17H2,1-4H3.